The third-order valence-electron chi connectivity index (χ3n) is 5.70. The van der Waals surface area contributed by atoms with E-state index >= 15 is 0 Å². The minimum atomic E-state index is -0.612. The number of rotatable bonds is 4. The zero-order valence-electron chi connectivity index (χ0n) is 18.0. The Morgan fingerprint density at radius 1 is 1.06 bits per heavy atom. The van der Waals surface area contributed by atoms with Crippen LogP contribution in [0.15, 0.2) is 35.5 Å². The average molecular weight is 491 g/mol. The van der Waals surface area contributed by atoms with Gasteiger partial charge in [-0.1, -0.05) is 23.2 Å². The van der Waals surface area contributed by atoms with Crippen LogP contribution < -0.4 is 5.69 Å². The maximum Gasteiger partial charge on any atom is 0.352 e. The predicted molar refractivity (Wildman–Crippen MR) is 123 cm³/mol. The molecule has 4 heterocycles. The number of ether oxygens (including phenoxy) is 1. The lowest BCUT2D eigenvalue weighted by molar-refractivity contribution is -0.0705. The molecule has 0 spiro atoms. The van der Waals surface area contributed by atoms with Crippen LogP contribution >= 0.6 is 23.2 Å². The molecule has 0 amide bonds. The van der Waals surface area contributed by atoms with Gasteiger partial charge in [-0.15, -0.1) is 0 Å². The molecule has 1 aromatic carbocycles. The number of hydrogen-bond donors (Lipinski definition) is 0. The van der Waals surface area contributed by atoms with Crippen molar-refractivity contribution in [2.24, 2.45) is 0 Å². The third-order valence-corrected chi connectivity index (χ3v) is 6.34. The predicted octanol–water partition coefficient (Wildman–Crippen LogP) is 3.54. The molecule has 0 N–H and O–H groups in total. The molecule has 172 valence electrons. The van der Waals surface area contributed by atoms with E-state index in [1.807, 2.05) is 6.07 Å². The molecule has 1 aliphatic heterocycles. The molecule has 11 heteroatoms. The molecule has 1 fully saturated rings. The second-order valence-corrected chi connectivity index (χ2v) is 9.20. The van der Waals surface area contributed by atoms with Crippen molar-refractivity contribution in [3.63, 3.8) is 0 Å². The number of fused-ring (bicyclic) bond motifs is 3. The first-order valence-corrected chi connectivity index (χ1v) is 11.3. The fraction of sp³-hybridized carbons (Fsp3) is 0.364. The Bertz CT molecular complexity index is 1410. The van der Waals surface area contributed by atoms with Gasteiger partial charge in [0.05, 0.1) is 29.2 Å². The molecule has 0 radical (unpaired) electrons. The Morgan fingerprint density at radius 3 is 2.58 bits per heavy atom. The number of aromatic nitrogens is 5. The minimum Gasteiger partial charge on any atom is -0.373 e. The monoisotopic (exact) mass is 490 g/mol. The van der Waals surface area contributed by atoms with E-state index in [4.69, 9.17) is 27.9 Å². The fourth-order valence-electron chi connectivity index (χ4n) is 4.41. The van der Waals surface area contributed by atoms with Crippen molar-refractivity contribution in [1.82, 2.24) is 29.0 Å². The van der Waals surface area contributed by atoms with Crippen molar-refractivity contribution in [3.8, 4) is 0 Å². The first-order valence-electron chi connectivity index (χ1n) is 10.5. The zero-order chi connectivity index (χ0) is 23.3. The summed E-state index contributed by atoms with van der Waals surface area (Å²) in [7, 11) is 0. The number of benzene rings is 1. The van der Waals surface area contributed by atoms with Crippen LogP contribution in [-0.2, 0) is 17.8 Å². The SMILES string of the molecule is C[C@@H]1CN(Cc2cnc3c(c2)c2ncnn2c(=O)n3Cc2cc(F)c(Cl)cc2Cl)C[C@H](C)O1. The lowest BCUT2D eigenvalue weighted by Gasteiger charge is -2.35. The summed E-state index contributed by atoms with van der Waals surface area (Å²) in [6.45, 7) is 6.46. The van der Waals surface area contributed by atoms with E-state index < -0.39 is 11.5 Å². The molecule has 0 bridgehead atoms. The maximum absolute atomic E-state index is 14.1. The summed E-state index contributed by atoms with van der Waals surface area (Å²) in [6.07, 6.45) is 3.38. The first kappa shape index (κ1) is 22.2. The largest absolute Gasteiger partial charge is 0.373 e. The van der Waals surface area contributed by atoms with E-state index in [0.29, 0.717) is 28.8 Å². The smallest absolute Gasteiger partial charge is 0.352 e. The van der Waals surface area contributed by atoms with E-state index in [0.717, 1.165) is 18.7 Å². The van der Waals surface area contributed by atoms with Crippen molar-refractivity contribution < 1.29 is 9.13 Å². The highest BCUT2D eigenvalue weighted by atomic mass is 35.5. The van der Waals surface area contributed by atoms with Gasteiger partial charge in [-0.3, -0.25) is 9.47 Å². The van der Waals surface area contributed by atoms with Crippen molar-refractivity contribution in [2.75, 3.05) is 13.1 Å². The summed E-state index contributed by atoms with van der Waals surface area (Å²) in [4.78, 5) is 24.3. The third kappa shape index (κ3) is 4.21. The topological polar surface area (TPSA) is 77.6 Å². The summed E-state index contributed by atoms with van der Waals surface area (Å²) in [5.74, 6) is -0.612. The second-order valence-electron chi connectivity index (χ2n) is 8.39. The number of nitrogens with zero attached hydrogens (tertiary/aromatic N) is 6. The Kier molecular flexibility index (Phi) is 5.82. The van der Waals surface area contributed by atoms with E-state index in [2.05, 4.69) is 33.8 Å². The van der Waals surface area contributed by atoms with Crippen LogP contribution in [0.5, 0.6) is 0 Å². The molecule has 1 aliphatic rings. The number of hydrogen-bond acceptors (Lipinski definition) is 6. The van der Waals surface area contributed by atoms with Crippen LogP contribution in [0.3, 0.4) is 0 Å². The van der Waals surface area contributed by atoms with Gasteiger partial charge in [0, 0.05) is 30.9 Å². The van der Waals surface area contributed by atoms with Crippen LogP contribution in [0.4, 0.5) is 4.39 Å². The van der Waals surface area contributed by atoms with Crippen LogP contribution in [-0.4, -0.2) is 54.3 Å². The molecule has 0 saturated carbocycles. The molecule has 3 aromatic heterocycles. The summed E-state index contributed by atoms with van der Waals surface area (Å²) < 4.78 is 22.5. The summed E-state index contributed by atoms with van der Waals surface area (Å²) >= 11 is 12.1. The van der Waals surface area contributed by atoms with Gasteiger partial charge in [0.25, 0.3) is 0 Å². The lowest BCUT2D eigenvalue weighted by atomic mass is 10.1. The Balaban J connectivity index is 1.59. The summed E-state index contributed by atoms with van der Waals surface area (Å²) in [5.41, 5.74) is 1.77. The molecule has 8 nitrogen and oxygen atoms in total. The van der Waals surface area contributed by atoms with Gasteiger partial charge >= 0.3 is 5.69 Å². The van der Waals surface area contributed by atoms with E-state index in [1.165, 1.54) is 27.5 Å². The van der Waals surface area contributed by atoms with Gasteiger partial charge in [0.1, 0.15) is 17.8 Å². The molecule has 1 saturated heterocycles. The number of halogens is 3. The molecule has 0 aliphatic carbocycles. The van der Waals surface area contributed by atoms with Gasteiger partial charge < -0.3 is 4.74 Å². The molecule has 2 atom stereocenters. The highest BCUT2D eigenvalue weighted by Crippen LogP contribution is 2.26. The van der Waals surface area contributed by atoms with Crippen molar-refractivity contribution in [2.45, 2.75) is 39.1 Å². The van der Waals surface area contributed by atoms with Gasteiger partial charge in [-0.2, -0.15) is 9.61 Å². The quantitative estimate of drug-likeness (QED) is 0.407. The molecule has 33 heavy (non-hydrogen) atoms. The second kappa shape index (κ2) is 8.64. The molecular formula is C22H21Cl2FN6O2. The van der Waals surface area contributed by atoms with Crippen molar-refractivity contribution >= 4 is 39.9 Å². The Labute approximate surface area is 198 Å². The number of morpholine rings is 1. The van der Waals surface area contributed by atoms with E-state index in [9.17, 15) is 9.18 Å². The maximum atomic E-state index is 14.1. The van der Waals surface area contributed by atoms with E-state index in [1.54, 1.807) is 6.20 Å². The summed E-state index contributed by atoms with van der Waals surface area (Å²) in [5, 5.41) is 4.93. The normalized spacial score (nSPS) is 19.5. The standard InChI is InChI=1S/C22H21Cl2FN6O2/c1-12-7-29(8-13(2)33-12)9-14-3-16-20(26-6-14)30(22(32)31-21(16)27-11-28-31)10-15-4-19(25)18(24)5-17(15)23/h3-6,11-13H,7-10H2,1-2H3/t12-,13+. The molecular weight excluding hydrogens is 470 g/mol. The lowest BCUT2D eigenvalue weighted by Crippen LogP contribution is -2.44. The van der Waals surface area contributed by atoms with Gasteiger partial charge in [0.15, 0.2) is 5.65 Å². The zero-order valence-corrected chi connectivity index (χ0v) is 19.5. The van der Waals surface area contributed by atoms with Crippen molar-refractivity contribution in [1.29, 1.82) is 0 Å². The Hall–Kier alpha value is -2.59. The highest BCUT2D eigenvalue weighted by Gasteiger charge is 2.23. The summed E-state index contributed by atoms with van der Waals surface area (Å²) in [6, 6.07) is 4.52. The van der Waals surface area contributed by atoms with Gasteiger partial charge in [-0.25, -0.2) is 19.2 Å². The van der Waals surface area contributed by atoms with Crippen LogP contribution in [0.25, 0.3) is 16.7 Å². The van der Waals surface area contributed by atoms with Crippen LogP contribution in [0.2, 0.25) is 10.0 Å². The molecule has 4 aromatic rings. The van der Waals surface area contributed by atoms with E-state index in [-0.39, 0.29) is 28.8 Å². The number of pyridine rings is 1. The van der Waals surface area contributed by atoms with Crippen LogP contribution in [0.1, 0.15) is 25.0 Å². The van der Waals surface area contributed by atoms with Gasteiger partial charge in [0.2, 0.25) is 0 Å². The van der Waals surface area contributed by atoms with Gasteiger partial charge in [-0.05, 0) is 43.2 Å². The molecule has 5 rings (SSSR count). The average Bonchev–Trinajstić information content (AvgIpc) is 3.24. The molecule has 0 unspecified atom stereocenters. The minimum absolute atomic E-state index is 0.00287. The van der Waals surface area contributed by atoms with Crippen molar-refractivity contribution in [3.05, 3.63) is 68.2 Å². The highest BCUT2D eigenvalue weighted by molar-refractivity contribution is 6.35. The Morgan fingerprint density at radius 2 is 1.82 bits per heavy atom. The fourth-order valence-corrected chi connectivity index (χ4v) is 4.85. The van der Waals surface area contributed by atoms with Crippen LogP contribution in [0, 0.1) is 5.82 Å². The first-order chi connectivity index (χ1) is 15.8.